The lowest BCUT2D eigenvalue weighted by Gasteiger charge is -2.27. The number of anilines is 2. The molecule has 0 radical (unpaired) electrons. The monoisotopic (exact) mass is 444 g/mol. The van der Waals surface area contributed by atoms with Crippen LogP contribution in [0.4, 0.5) is 11.6 Å². The zero-order chi connectivity index (χ0) is 23.2. The van der Waals surface area contributed by atoms with Crippen molar-refractivity contribution in [3.8, 4) is 17.3 Å². The Balaban J connectivity index is 1.45. The maximum atomic E-state index is 12.0. The van der Waals surface area contributed by atoms with Crippen LogP contribution in [0.15, 0.2) is 42.9 Å². The molecule has 2 heterocycles. The number of rotatable bonds is 7. The van der Waals surface area contributed by atoms with E-state index in [4.69, 9.17) is 11.0 Å². The molecule has 3 aromatic rings. The highest BCUT2D eigenvalue weighted by molar-refractivity contribution is 5.94. The van der Waals surface area contributed by atoms with Gasteiger partial charge in [0.05, 0.1) is 29.7 Å². The van der Waals surface area contributed by atoms with Crippen LogP contribution in [-0.2, 0) is 0 Å². The van der Waals surface area contributed by atoms with E-state index in [1.54, 1.807) is 24.5 Å². The van der Waals surface area contributed by atoms with Gasteiger partial charge in [0.25, 0.3) is 5.91 Å². The minimum absolute atomic E-state index is 0.0216. The summed E-state index contributed by atoms with van der Waals surface area (Å²) in [5, 5.41) is 18.9. The molecule has 9 heteroatoms. The molecular weight excluding hydrogens is 416 g/mol. The fourth-order valence-corrected chi connectivity index (χ4v) is 4.17. The van der Waals surface area contributed by atoms with Gasteiger partial charge < -0.3 is 16.4 Å². The summed E-state index contributed by atoms with van der Waals surface area (Å²) in [5.74, 6) is 0.839. The second kappa shape index (κ2) is 10.2. The van der Waals surface area contributed by atoms with Crippen molar-refractivity contribution in [2.75, 3.05) is 18.4 Å². The van der Waals surface area contributed by atoms with Crippen molar-refractivity contribution in [2.45, 2.75) is 38.6 Å². The van der Waals surface area contributed by atoms with Crippen LogP contribution in [-0.4, -0.2) is 38.7 Å². The number of amides is 1. The average Bonchev–Trinajstić information content (AvgIpc) is 3.32. The smallest absolute Gasteiger partial charge is 0.252 e. The van der Waals surface area contributed by atoms with Gasteiger partial charge in [0, 0.05) is 23.5 Å². The molecule has 1 aliphatic rings. The van der Waals surface area contributed by atoms with Gasteiger partial charge in [-0.15, -0.1) is 0 Å². The van der Waals surface area contributed by atoms with E-state index in [1.165, 1.54) is 0 Å². The second-order valence-electron chi connectivity index (χ2n) is 8.39. The lowest BCUT2D eigenvalue weighted by atomic mass is 9.86. The summed E-state index contributed by atoms with van der Waals surface area (Å²) in [6.45, 7) is 2.69. The highest BCUT2D eigenvalue weighted by Gasteiger charge is 2.22. The first-order chi connectivity index (χ1) is 16.1. The predicted octanol–water partition coefficient (Wildman–Crippen LogP) is 3.34. The molecule has 4 rings (SSSR count). The van der Waals surface area contributed by atoms with Crippen LogP contribution < -0.4 is 16.4 Å². The summed E-state index contributed by atoms with van der Waals surface area (Å²) in [4.78, 5) is 21.1. The van der Waals surface area contributed by atoms with Crippen LogP contribution in [0.3, 0.4) is 0 Å². The molecule has 0 saturated heterocycles. The molecular formula is C24H28N8O. The molecule has 1 aromatic carbocycles. The minimum Gasteiger partial charge on any atom is -0.339 e. The summed E-state index contributed by atoms with van der Waals surface area (Å²) >= 11 is 0. The molecule has 1 fully saturated rings. The Hall–Kier alpha value is -3.77. The molecule has 0 aliphatic heterocycles. The van der Waals surface area contributed by atoms with Gasteiger partial charge in [-0.25, -0.2) is 9.97 Å². The first kappa shape index (κ1) is 22.4. The van der Waals surface area contributed by atoms with Crippen LogP contribution >= 0.6 is 0 Å². The van der Waals surface area contributed by atoms with E-state index in [0.717, 1.165) is 54.7 Å². The fraction of sp³-hybridized carbons (Fsp3) is 0.375. The Kier molecular flexibility index (Phi) is 6.95. The number of nitrogens with two attached hydrogens (primary N) is 1. The molecule has 0 unspecified atom stereocenters. The molecule has 0 atom stereocenters. The summed E-state index contributed by atoms with van der Waals surface area (Å²) in [5.41, 5.74) is 9.73. The number of nitriles is 1. The van der Waals surface area contributed by atoms with Crippen molar-refractivity contribution in [3.63, 3.8) is 0 Å². The van der Waals surface area contributed by atoms with Crippen molar-refractivity contribution in [1.29, 1.82) is 5.26 Å². The first-order valence-corrected chi connectivity index (χ1v) is 11.2. The van der Waals surface area contributed by atoms with Gasteiger partial charge in [0.1, 0.15) is 6.54 Å². The third-order valence-corrected chi connectivity index (χ3v) is 6.10. The first-order valence-electron chi connectivity index (χ1n) is 11.2. The standard InChI is InChI=1S/C24H28N8O/c1-16-13-28-24(30-20-14-29-32(15-20)21-8-2-17(12-26)3-9-21)31-22(16)18-4-6-19(7-5-18)23(33)27-11-10-25/h4-7,13-15,17,21H,2-3,8-9,11-12,26H2,1H3,(H,27,33)(H,28,30,31)/t17-,21-. The van der Waals surface area contributed by atoms with Crippen molar-refractivity contribution >= 4 is 17.5 Å². The number of hydrogen-bond donors (Lipinski definition) is 3. The SMILES string of the molecule is Cc1cnc(Nc2cnn([C@H]3CC[C@H](CN)CC3)c2)nc1-c1ccc(C(=O)NCC#N)cc1. The van der Waals surface area contributed by atoms with E-state index in [1.807, 2.05) is 36.0 Å². The van der Waals surface area contributed by atoms with E-state index in [9.17, 15) is 4.79 Å². The number of carbonyl (C=O) groups excluding carboxylic acids is 1. The predicted molar refractivity (Wildman–Crippen MR) is 126 cm³/mol. The number of carbonyl (C=O) groups is 1. The number of aryl methyl sites for hydroxylation is 1. The van der Waals surface area contributed by atoms with E-state index in [0.29, 0.717) is 23.5 Å². The van der Waals surface area contributed by atoms with Crippen LogP contribution in [0.25, 0.3) is 11.3 Å². The van der Waals surface area contributed by atoms with Gasteiger partial charge in [-0.1, -0.05) is 12.1 Å². The maximum Gasteiger partial charge on any atom is 0.252 e. The lowest BCUT2D eigenvalue weighted by molar-refractivity contribution is 0.0958. The number of hydrogen-bond acceptors (Lipinski definition) is 7. The topological polar surface area (TPSA) is 135 Å². The van der Waals surface area contributed by atoms with Crippen LogP contribution in [0.2, 0.25) is 0 Å². The van der Waals surface area contributed by atoms with Crippen molar-refractivity contribution in [1.82, 2.24) is 25.1 Å². The fourth-order valence-electron chi connectivity index (χ4n) is 4.17. The van der Waals surface area contributed by atoms with Crippen molar-refractivity contribution in [3.05, 3.63) is 54.0 Å². The number of benzene rings is 1. The van der Waals surface area contributed by atoms with Gasteiger partial charge in [0.15, 0.2) is 0 Å². The van der Waals surface area contributed by atoms with E-state index >= 15 is 0 Å². The quantitative estimate of drug-likeness (QED) is 0.476. The van der Waals surface area contributed by atoms with E-state index in [2.05, 4.69) is 25.7 Å². The number of nitrogens with one attached hydrogen (secondary N) is 2. The zero-order valence-electron chi connectivity index (χ0n) is 18.7. The molecule has 33 heavy (non-hydrogen) atoms. The Morgan fingerprint density at radius 1 is 1.21 bits per heavy atom. The molecule has 0 spiro atoms. The summed E-state index contributed by atoms with van der Waals surface area (Å²) < 4.78 is 2.03. The molecule has 0 bridgehead atoms. The molecule has 170 valence electrons. The third-order valence-electron chi connectivity index (χ3n) is 6.10. The normalized spacial score (nSPS) is 17.8. The van der Waals surface area contributed by atoms with E-state index in [-0.39, 0.29) is 12.5 Å². The van der Waals surface area contributed by atoms with Gasteiger partial charge in [-0.05, 0) is 62.8 Å². The highest BCUT2D eigenvalue weighted by Crippen LogP contribution is 2.32. The number of aromatic nitrogens is 4. The van der Waals surface area contributed by atoms with E-state index < -0.39 is 0 Å². The molecule has 2 aromatic heterocycles. The maximum absolute atomic E-state index is 12.0. The van der Waals surface area contributed by atoms with Gasteiger partial charge >= 0.3 is 0 Å². The molecule has 4 N–H and O–H groups in total. The van der Waals surface area contributed by atoms with Crippen LogP contribution in [0, 0.1) is 24.2 Å². The second-order valence-corrected chi connectivity index (χ2v) is 8.39. The van der Waals surface area contributed by atoms with Gasteiger partial charge in [-0.3, -0.25) is 9.48 Å². The van der Waals surface area contributed by atoms with Crippen molar-refractivity contribution in [2.24, 2.45) is 11.7 Å². The van der Waals surface area contributed by atoms with Crippen LogP contribution in [0.5, 0.6) is 0 Å². The van der Waals surface area contributed by atoms with Gasteiger partial charge in [-0.2, -0.15) is 10.4 Å². The Morgan fingerprint density at radius 2 is 1.97 bits per heavy atom. The van der Waals surface area contributed by atoms with Crippen LogP contribution in [0.1, 0.15) is 47.6 Å². The molecule has 1 aliphatic carbocycles. The Bertz CT molecular complexity index is 1140. The Morgan fingerprint density at radius 3 is 2.67 bits per heavy atom. The average molecular weight is 445 g/mol. The lowest BCUT2D eigenvalue weighted by Crippen LogP contribution is -2.23. The zero-order valence-corrected chi connectivity index (χ0v) is 18.7. The highest BCUT2D eigenvalue weighted by atomic mass is 16.1. The third kappa shape index (κ3) is 5.35. The largest absolute Gasteiger partial charge is 0.339 e. The molecule has 1 amide bonds. The summed E-state index contributed by atoms with van der Waals surface area (Å²) in [6, 6.07) is 9.43. The molecule has 1 saturated carbocycles. The van der Waals surface area contributed by atoms with Crippen molar-refractivity contribution < 1.29 is 4.79 Å². The Labute approximate surface area is 193 Å². The summed E-state index contributed by atoms with van der Waals surface area (Å²) in [7, 11) is 0. The number of nitrogens with zero attached hydrogens (tertiary/aromatic N) is 5. The minimum atomic E-state index is -0.279. The summed E-state index contributed by atoms with van der Waals surface area (Å²) in [6.07, 6.45) is 10.1. The molecule has 9 nitrogen and oxygen atoms in total. The van der Waals surface area contributed by atoms with Gasteiger partial charge in [0.2, 0.25) is 5.95 Å².